The fourth-order valence-electron chi connectivity index (χ4n) is 2.98. The van der Waals surface area contributed by atoms with Crippen molar-refractivity contribution in [2.24, 2.45) is 0 Å². The second-order valence-electron chi connectivity index (χ2n) is 5.86. The highest BCUT2D eigenvalue weighted by atomic mass is 16.1. The van der Waals surface area contributed by atoms with E-state index in [1.807, 2.05) is 42.6 Å². The van der Waals surface area contributed by atoms with Crippen molar-refractivity contribution in [2.45, 2.75) is 19.3 Å². The Kier molecular flexibility index (Phi) is 3.75. The largest absolute Gasteiger partial charge is 0.361 e. The van der Waals surface area contributed by atoms with Crippen LogP contribution in [0.15, 0.2) is 54.7 Å². The maximum Gasteiger partial charge on any atom is 0.226 e. The lowest BCUT2D eigenvalue weighted by molar-refractivity contribution is -0.116. The van der Waals surface area contributed by atoms with Gasteiger partial charge < -0.3 is 9.97 Å². The molecule has 0 unspecified atom stereocenters. The van der Waals surface area contributed by atoms with E-state index in [9.17, 15) is 4.79 Å². The molecule has 5 heteroatoms. The molecular formula is C19H18N4O. The minimum Gasteiger partial charge on any atom is -0.361 e. The van der Waals surface area contributed by atoms with Gasteiger partial charge in [0, 0.05) is 23.5 Å². The summed E-state index contributed by atoms with van der Waals surface area (Å²) < 4.78 is 0. The van der Waals surface area contributed by atoms with Crippen LogP contribution < -0.4 is 5.32 Å². The number of rotatable bonds is 5. The molecule has 2 aromatic heterocycles. The van der Waals surface area contributed by atoms with Gasteiger partial charge in [-0.05, 0) is 36.6 Å². The molecule has 2 aromatic carbocycles. The van der Waals surface area contributed by atoms with E-state index in [2.05, 4.69) is 32.4 Å². The molecule has 0 bridgehead atoms. The molecule has 4 aromatic rings. The number of carbonyl (C=O) groups excluding carboxylic acids is 1. The van der Waals surface area contributed by atoms with Crippen LogP contribution in [0.5, 0.6) is 0 Å². The minimum atomic E-state index is -0.0195. The van der Waals surface area contributed by atoms with Crippen LogP contribution in [0.25, 0.3) is 21.9 Å². The first-order valence-corrected chi connectivity index (χ1v) is 8.09. The van der Waals surface area contributed by atoms with Gasteiger partial charge in [0.15, 0.2) is 0 Å². The maximum absolute atomic E-state index is 12.1. The summed E-state index contributed by atoms with van der Waals surface area (Å²) in [7, 11) is 0. The van der Waals surface area contributed by atoms with E-state index in [0.29, 0.717) is 12.4 Å². The summed E-state index contributed by atoms with van der Waals surface area (Å²) >= 11 is 0. The molecule has 24 heavy (non-hydrogen) atoms. The van der Waals surface area contributed by atoms with E-state index < -0.39 is 0 Å². The van der Waals surface area contributed by atoms with Gasteiger partial charge in [0.2, 0.25) is 11.9 Å². The first-order valence-electron chi connectivity index (χ1n) is 8.09. The van der Waals surface area contributed by atoms with Gasteiger partial charge in [0.05, 0.1) is 11.0 Å². The number of aromatic amines is 2. The van der Waals surface area contributed by atoms with E-state index in [1.54, 1.807) is 0 Å². The number of H-pyrrole nitrogens is 2. The third-order valence-electron chi connectivity index (χ3n) is 4.17. The SMILES string of the molecule is O=C(CCCc1c[nH]c2ccccc12)Nc1nc2ccccc2[nH]1. The lowest BCUT2D eigenvalue weighted by Gasteiger charge is -2.02. The van der Waals surface area contributed by atoms with Crippen LogP contribution in [0.1, 0.15) is 18.4 Å². The topological polar surface area (TPSA) is 73.6 Å². The predicted octanol–water partition coefficient (Wildman–Crippen LogP) is 4.01. The lowest BCUT2D eigenvalue weighted by atomic mass is 10.1. The molecule has 0 saturated heterocycles. The molecule has 0 aliphatic carbocycles. The van der Waals surface area contributed by atoms with Crippen molar-refractivity contribution in [2.75, 3.05) is 5.32 Å². The van der Waals surface area contributed by atoms with Crippen molar-refractivity contribution in [1.82, 2.24) is 15.0 Å². The smallest absolute Gasteiger partial charge is 0.226 e. The van der Waals surface area contributed by atoms with Gasteiger partial charge in [-0.25, -0.2) is 4.98 Å². The minimum absolute atomic E-state index is 0.0195. The molecule has 0 radical (unpaired) electrons. The first kappa shape index (κ1) is 14.5. The summed E-state index contributed by atoms with van der Waals surface area (Å²) in [4.78, 5) is 22.8. The van der Waals surface area contributed by atoms with Crippen LogP contribution >= 0.6 is 0 Å². The number of aryl methyl sites for hydroxylation is 1. The summed E-state index contributed by atoms with van der Waals surface area (Å²) in [6, 6.07) is 15.9. The molecule has 3 N–H and O–H groups in total. The molecule has 0 fully saturated rings. The highest BCUT2D eigenvalue weighted by Gasteiger charge is 2.08. The monoisotopic (exact) mass is 318 g/mol. The average Bonchev–Trinajstić information content (AvgIpc) is 3.18. The zero-order valence-electron chi connectivity index (χ0n) is 13.2. The van der Waals surface area contributed by atoms with Crippen LogP contribution in [0.4, 0.5) is 5.95 Å². The van der Waals surface area contributed by atoms with Gasteiger partial charge in [0.25, 0.3) is 0 Å². The van der Waals surface area contributed by atoms with Gasteiger partial charge in [-0.1, -0.05) is 30.3 Å². The van der Waals surface area contributed by atoms with Crippen molar-refractivity contribution >= 4 is 33.8 Å². The molecule has 0 saturated carbocycles. The summed E-state index contributed by atoms with van der Waals surface area (Å²) in [5.41, 5.74) is 4.17. The number of benzene rings is 2. The standard InChI is InChI=1S/C19H18N4O/c24-18(23-19-21-16-9-3-4-10-17(16)22-19)11-5-6-13-12-20-15-8-2-1-7-14(13)15/h1-4,7-10,12,20H,5-6,11H2,(H2,21,22,23,24). The number of hydrogen-bond donors (Lipinski definition) is 3. The molecule has 0 aliphatic rings. The summed E-state index contributed by atoms with van der Waals surface area (Å²) in [5.74, 6) is 0.488. The van der Waals surface area contributed by atoms with Crippen molar-refractivity contribution in [3.8, 4) is 0 Å². The van der Waals surface area contributed by atoms with Crippen LogP contribution in [0.3, 0.4) is 0 Å². The number of amides is 1. The zero-order valence-corrected chi connectivity index (χ0v) is 13.2. The second kappa shape index (κ2) is 6.20. The first-order chi connectivity index (χ1) is 11.8. The van der Waals surface area contributed by atoms with Crippen LogP contribution in [0.2, 0.25) is 0 Å². The Morgan fingerprint density at radius 3 is 2.71 bits per heavy atom. The Labute approximate surface area is 139 Å². The number of anilines is 1. The van der Waals surface area contributed by atoms with E-state index >= 15 is 0 Å². The van der Waals surface area contributed by atoms with Crippen molar-refractivity contribution < 1.29 is 4.79 Å². The number of fused-ring (bicyclic) bond motifs is 2. The van der Waals surface area contributed by atoms with E-state index in [0.717, 1.165) is 29.4 Å². The fraction of sp³-hybridized carbons (Fsp3) is 0.158. The van der Waals surface area contributed by atoms with E-state index in [4.69, 9.17) is 0 Å². The summed E-state index contributed by atoms with van der Waals surface area (Å²) in [6.45, 7) is 0. The Hall–Kier alpha value is -3.08. The van der Waals surface area contributed by atoms with Gasteiger partial charge in [0.1, 0.15) is 0 Å². The molecule has 5 nitrogen and oxygen atoms in total. The Morgan fingerprint density at radius 1 is 1.04 bits per heavy atom. The number of nitrogens with one attached hydrogen (secondary N) is 3. The maximum atomic E-state index is 12.1. The molecule has 2 heterocycles. The molecule has 120 valence electrons. The summed E-state index contributed by atoms with van der Waals surface area (Å²) in [5, 5.41) is 4.07. The number of carbonyl (C=O) groups is 1. The highest BCUT2D eigenvalue weighted by Crippen LogP contribution is 2.19. The molecule has 0 spiro atoms. The fourth-order valence-corrected chi connectivity index (χ4v) is 2.98. The highest BCUT2D eigenvalue weighted by molar-refractivity contribution is 5.91. The van der Waals surface area contributed by atoms with Gasteiger partial charge in [-0.15, -0.1) is 0 Å². The molecule has 4 rings (SSSR count). The predicted molar refractivity (Wildman–Crippen MR) is 96.0 cm³/mol. The lowest BCUT2D eigenvalue weighted by Crippen LogP contribution is -2.12. The average molecular weight is 318 g/mol. The van der Waals surface area contributed by atoms with Crippen molar-refractivity contribution in [3.05, 3.63) is 60.3 Å². The Morgan fingerprint density at radius 2 is 1.83 bits per heavy atom. The van der Waals surface area contributed by atoms with E-state index in [1.165, 1.54) is 10.9 Å². The number of imidazole rings is 1. The Balaban J connectivity index is 1.35. The molecule has 1 amide bonds. The summed E-state index contributed by atoms with van der Waals surface area (Å²) in [6.07, 6.45) is 4.17. The van der Waals surface area contributed by atoms with Crippen molar-refractivity contribution in [3.63, 3.8) is 0 Å². The molecule has 0 atom stereocenters. The number of para-hydroxylation sites is 3. The van der Waals surface area contributed by atoms with Crippen LogP contribution in [-0.2, 0) is 11.2 Å². The Bertz CT molecular complexity index is 966. The number of hydrogen-bond acceptors (Lipinski definition) is 2. The van der Waals surface area contributed by atoms with Gasteiger partial charge in [-0.2, -0.15) is 0 Å². The van der Waals surface area contributed by atoms with Gasteiger partial charge in [-0.3, -0.25) is 10.1 Å². The van der Waals surface area contributed by atoms with Crippen LogP contribution in [0, 0.1) is 0 Å². The van der Waals surface area contributed by atoms with Crippen molar-refractivity contribution in [1.29, 1.82) is 0 Å². The normalized spacial score (nSPS) is 11.2. The quantitative estimate of drug-likeness (QED) is 0.520. The van der Waals surface area contributed by atoms with Crippen LogP contribution in [-0.4, -0.2) is 20.9 Å². The van der Waals surface area contributed by atoms with Gasteiger partial charge >= 0.3 is 0 Å². The molecule has 0 aliphatic heterocycles. The zero-order chi connectivity index (χ0) is 16.4. The number of nitrogens with zero attached hydrogens (tertiary/aromatic N) is 1. The van der Waals surface area contributed by atoms with E-state index in [-0.39, 0.29) is 5.91 Å². The third-order valence-corrected chi connectivity index (χ3v) is 4.17. The molecular weight excluding hydrogens is 300 g/mol. The number of aromatic nitrogens is 3. The third kappa shape index (κ3) is 2.88. The second-order valence-corrected chi connectivity index (χ2v) is 5.86.